The van der Waals surface area contributed by atoms with Crippen molar-refractivity contribution in [1.82, 2.24) is 10.2 Å². The quantitative estimate of drug-likeness (QED) is 0.818. The van der Waals surface area contributed by atoms with Crippen LogP contribution >= 0.6 is 0 Å². The van der Waals surface area contributed by atoms with E-state index in [0.717, 1.165) is 18.3 Å². The van der Waals surface area contributed by atoms with Gasteiger partial charge >= 0.3 is 0 Å². The van der Waals surface area contributed by atoms with E-state index in [1.165, 1.54) is 19.3 Å². The highest BCUT2D eigenvalue weighted by atomic mass is 16.3. The third kappa shape index (κ3) is 2.83. The van der Waals surface area contributed by atoms with Crippen LogP contribution in [0.25, 0.3) is 0 Å². The zero-order chi connectivity index (χ0) is 10.7. The maximum atomic E-state index is 5.29. The van der Waals surface area contributed by atoms with Crippen LogP contribution in [0.3, 0.4) is 0 Å². The Kier molecular flexibility index (Phi) is 3.44. The second kappa shape index (κ2) is 4.81. The Morgan fingerprint density at radius 2 is 2.33 bits per heavy atom. The van der Waals surface area contributed by atoms with Crippen LogP contribution in [0, 0.1) is 0 Å². The second-order valence-electron chi connectivity index (χ2n) is 4.59. The molecule has 0 amide bonds. The van der Waals surface area contributed by atoms with E-state index < -0.39 is 0 Å². The second-order valence-corrected chi connectivity index (χ2v) is 4.59. The minimum absolute atomic E-state index is 0.655. The van der Waals surface area contributed by atoms with E-state index >= 15 is 0 Å². The third-order valence-corrected chi connectivity index (χ3v) is 3.28. The molecule has 2 unspecified atom stereocenters. The lowest BCUT2D eigenvalue weighted by atomic mass is 10.2. The molecule has 1 aromatic rings. The highest BCUT2D eigenvalue weighted by molar-refractivity contribution is 4.98. The predicted octanol–water partition coefficient (Wildman–Crippen LogP) is 1.85. The van der Waals surface area contributed by atoms with Gasteiger partial charge in [-0.3, -0.25) is 0 Å². The lowest BCUT2D eigenvalue weighted by Gasteiger charge is -2.19. The lowest BCUT2D eigenvalue weighted by Crippen LogP contribution is -2.30. The van der Waals surface area contributed by atoms with Gasteiger partial charge in [0.1, 0.15) is 5.76 Å². The Bertz CT molecular complexity index is 282. The molecule has 1 aromatic heterocycles. The first-order valence-corrected chi connectivity index (χ1v) is 5.68. The van der Waals surface area contributed by atoms with Crippen LogP contribution in [0.5, 0.6) is 0 Å². The van der Waals surface area contributed by atoms with Gasteiger partial charge in [-0.25, -0.2) is 0 Å². The lowest BCUT2D eigenvalue weighted by molar-refractivity contribution is 0.292. The van der Waals surface area contributed by atoms with E-state index in [-0.39, 0.29) is 0 Å². The molecule has 0 saturated heterocycles. The van der Waals surface area contributed by atoms with Crippen molar-refractivity contribution in [2.45, 2.75) is 37.9 Å². The Morgan fingerprint density at radius 3 is 2.93 bits per heavy atom. The number of rotatable bonds is 4. The molecule has 1 aliphatic rings. The summed E-state index contributed by atoms with van der Waals surface area (Å²) in [7, 11) is 4.33. The summed E-state index contributed by atoms with van der Waals surface area (Å²) in [6, 6.07) is 5.36. The fraction of sp³-hybridized carbons (Fsp3) is 0.667. The van der Waals surface area contributed by atoms with Gasteiger partial charge < -0.3 is 14.6 Å². The molecule has 2 rings (SSSR count). The number of nitrogens with one attached hydrogen (secondary N) is 1. The molecule has 15 heavy (non-hydrogen) atoms. The average Bonchev–Trinajstić information content (AvgIpc) is 2.86. The highest BCUT2D eigenvalue weighted by Crippen LogP contribution is 2.22. The van der Waals surface area contributed by atoms with Gasteiger partial charge in [-0.2, -0.15) is 0 Å². The molecule has 1 aliphatic carbocycles. The van der Waals surface area contributed by atoms with Gasteiger partial charge in [-0.15, -0.1) is 0 Å². The van der Waals surface area contributed by atoms with Crippen LogP contribution in [-0.4, -0.2) is 31.1 Å². The predicted molar refractivity (Wildman–Crippen MR) is 60.7 cm³/mol. The monoisotopic (exact) mass is 208 g/mol. The van der Waals surface area contributed by atoms with Crippen molar-refractivity contribution in [3.8, 4) is 0 Å². The zero-order valence-electron chi connectivity index (χ0n) is 9.57. The largest absolute Gasteiger partial charge is 0.468 e. The Hall–Kier alpha value is -0.800. The molecule has 2 atom stereocenters. The van der Waals surface area contributed by atoms with Crippen LogP contribution in [-0.2, 0) is 6.54 Å². The van der Waals surface area contributed by atoms with Gasteiger partial charge in [0.05, 0.1) is 12.8 Å². The van der Waals surface area contributed by atoms with E-state index in [1.807, 2.05) is 12.1 Å². The van der Waals surface area contributed by atoms with E-state index in [2.05, 4.69) is 24.3 Å². The molecule has 0 spiro atoms. The Balaban J connectivity index is 1.73. The maximum Gasteiger partial charge on any atom is 0.117 e. The van der Waals surface area contributed by atoms with Gasteiger partial charge in [0.15, 0.2) is 0 Å². The standard InChI is InChI=1S/C12H20N2O/c1-14(2)11-6-5-10(8-11)13-9-12-4-3-7-15-12/h3-4,7,10-11,13H,5-6,8-9H2,1-2H3. The SMILES string of the molecule is CN(C)C1CCC(NCc2ccco2)C1. The van der Waals surface area contributed by atoms with Gasteiger partial charge in [0, 0.05) is 12.1 Å². The summed E-state index contributed by atoms with van der Waals surface area (Å²) >= 11 is 0. The van der Waals surface area contributed by atoms with Crippen molar-refractivity contribution in [3.63, 3.8) is 0 Å². The molecule has 84 valence electrons. The average molecular weight is 208 g/mol. The van der Waals surface area contributed by atoms with Gasteiger partial charge in [-0.05, 0) is 45.5 Å². The fourth-order valence-electron chi connectivity index (χ4n) is 2.27. The molecule has 1 saturated carbocycles. The van der Waals surface area contributed by atoms with E-state index in [1.54, 1.807) is 6.26 Å². The van der Waals surface area contributed by atoms with Crippen molar-refractivity contribution in [2.24, 2.45) is 0 Å². The number of hydrogen-bond acceptors (Lipinski definition) is 3. The van der Waals surface area contributed by atoms with Gasteiger partial charge in [0.2, 0.25) is 0 Å². The molecule has 1 fully saturated rings. The minimum Gasteiger partial charge on any atom is -0.468 e. The van der Waals surface area contributed by atoms with Crippen LogP contribution in [0.1, 0.15) is 25.0 Å². The van der Waals surface area contributed by atoms with Crippen LogP contribution < -0.4 is 5.32 Å². The maximum absolute atomic E-state index is 5.29. The first kappa shape index (κ1) is 10.7. The smallest absolute Gasteiger partial charge is 0.117 e. The topological polar surface area (TPSA) is 28.4 Å². The van der Waals surface area contributed by atoms with Crippen LogP contribution in [0.15, 0.2) is 22.8 Å². The Morgan fingerprint density at radius 1 is 1.47 bits per heavy atom. The molecule has 1 N–H and O–H groups in total. The first-order chi connectivity index (χ1) is 7.25. The molecule has 0 radical (unpaired) electrons. The van der Waals surface area contributed by atoms with Crippen molar-refractivity contribution in [3.05, 3.63) is 24.2 Å². The molecular weight excluding hydrogens is 188 g/mol. The number of nitrogens with zero attached hydrogens (tertiary/aromatic N) is 1. The van der Waals surface area contributed by atoms with Crippen LogP contribution in [0.4, 0.5) is 0 Å². The molecular formula is C12H20N2O. The molecule has 3 heteroatoms. The molecule has 0 aromatic carbocycles. The summed E-state index contributed by atoms with van der Waals surface area (Å²) in [5.41, 5.74) is 0. The summed E-state index contributed by atoms with van der Waals surface area (Å²) < 4.78 is 5.29. The van der Waals surface area contributed by atoms with E-state index in [9.17, 15) is 0 Å². The molecule has 0 aliphatic heterocycles. The summed E-state index contributed by atoms with van der Waals surface area (Å²) in [5, 5.41) is 3.55. The number of hydrogen-bond donors (Lipinski definition) is 1. The van der Waals surface area contributed by atoms with Crippen molar-refractivity contribution in [2.75, 3.05) is 14.1 Å². The minimum atomic E-state index is 0.655. The summed E-state index contributed by atoms with van der Waals surface area (Å²) in [6.45, 7) is 0.859. The summed E-state index contributed by atoms with van der Waals surface area (Å²) in [4.78, 5) is 2.33. The normalized spacial score (nSPS) is 26.3. The fourth-order valence-corrected chi connectivity index (χ4v) is 2.27. The Labute approximate surface area is 91.4 Å². The molecule has 3 nitrogen and oxygen atoms in total. The summed E-state index contributed by atoms with van der Waals surface area (Å²) in [5.74, 6) is 1.03. The van der Waals surface area contributed by atoms with Gasteiger partial charge in [-0.1, -0.05) is 0 Å². The van der Waals surface area contributed by atoms with E-state index in [0.29, 0.717) is 6.04 Å². The number of furan rings is 1. The molecule has 1 heterocycles. The zero-order valence-corrected chi connectivity index (χ0v) is 9.57. The van der Waals surface area contributed by atoms with Gasteiger partial charge in [0.25, 0.3) is 0 Å². The van der Waals surface area contributed by atoms with Crippen molar-refractivity contribution < 1.29 is 4.42 Å². The molecule has 0 bridgehead atoms. The van der Waals surface area contributed by atoms with Crippen LogP contribution in [0.2, 0.25) is 0 Å². The van der Waals surface area contributed by atoms with Crippen molar-refractivity contribution >= 4 is 0 Å². The first-order valence-electron chi connectivity index (χ1n) is 5.68. The summed E-state index contributed by atoms with van der Waals surface area (Å²) in [6.07, 6.45) is 5.58. The third-order valence-electron chi connectivity index (χ3n) is 3.28. The van der Waals surface area contributed by atoms with E-state index in [4.69, 9.17) is 4.42 Å². The van der Waals surface area contributed by atoms with Crippen molar-refractivity contribution in [1.29, 1.82) is 0 Å². The highest BCUT2D eigenvalue weighted by Gasteiger charge is 2.25.